The summed E-state index contributed by atoms with van der Waals surface area (Å²) >= 11 is 0. The number of aryl methyl sites for hydroxylation is 1. The molecule has 0 aliphatic carbocycles. The highest BCUT2D eigenvalue weighted by molar-refractivity contribution is 6.39. The Bertz CT molecular complexity index is 923. The van der Waals surface area contributed by atoms with Gasteiger partial charge in [-0.1, -0.05) is 29.8 Å². The normalized spacial score (nSPS) is 14.8. The molecule has 1 aliphatic heterocycles. The number of hydrogen-bond donors (Lipinski definition) is 2. The zero-order valence-electron chi connectivity index (χ0n) is 17.7. The molecular weight excluding hydrogens is 382 g/mol. The summed E-state index contributed by atoms with van der Waals surface area (Å²) in [4.78, 5) is 31.1. The first-order valence-corrected chi connectivity index (χ1v) is 9.68. The lowest BCUT2D eigenvalue weighted by Gasteiger charge is -2.29. The van der Waals surface area contributed by atoms with E-state index in [4.69, 9.17) is 4.74 Å². The Morgan fingerprint density at radius 3 is 2.47 bits per heavy atom. The molecule has 8 heteroatoms. The summed E-state index contributed by atoms with van der Waals surface area (Å²) in [6.07, 6.45) is 0. The average Bonchev–Trinajstić information content (AvgIpc) is 2.75. The van der Waals surface area contributed by atoms with Gasteiger partial charge in [0.15, 0.2) is 0 Å². The molecule has 0 bridgehead atoms. The quantitative estimate of drug-likeness (QED) is 0.727. The number of benzene rings is 2. The molecule has 0 radical (unpaired) electrons. The molecular formula is C22H27N5O3. The number of amides is 2. The van der Waals surface area contributed by atoms with Gasteiger partial charge < -0.3 is 15.0 Å². The number of nitrogens with one attached hydrogen (secondary N) is 2. The predicted molar refractivity (Wildman–Crippen MR) is 117 cm³/mol. The standard InChI is InChI=1S/C22H27N5O3/c1-15-5-9-17(10-6-15)27-20(28)14-23-21(25-27)22(29)24-13-19(26(2)3)16-7-11-18(30-4)12-8-16/h5-12,19H,13-14H2,1-4H3,(H,23,25)(H,24,29). The summed E-state index contributed by atoms with van der Waals surface area (Å²) in [5, 5.41) is 4.27. The van der Waals surface area contributed by atoms with Gasteiger partial charge in [0.2, 0.25) is 5.84 Å². The second-order valence-electron chi connectivity index (χ2n) is 7.30. The number of methoxy groups -OCH3 is 1. The van der Waals surface area contributed by atoms with E-state index in [0.29, 0.717) is 12.2 Å². The summed E-state index contributed by atoms with van der Waals surface area (Å²) in [7, 11) is 5.53. The van der Waals surface area contributed by atoms with E-state index in [-0.39, 0.29) is 30.2 Å². The van der Waals surface area contributed by atoms with Gasteiger partial charge in [0.25, 0.3) is 11.8 Å². The highest BCUT2D eigenvalue weighted by Crippen LogP contribution is 2.21. The van der Waals surface area contributed by atoms with Gasteiger partial charge in [-0.25, -0.2) is 5.01 Å². The Morgan fingerprint density at radius 2 is 1.87 bits per heavy atom. The van der Waals surface area contributed by atoms with Crippen LogP contribution in [0.15, 0.2) is 53.5 Å². The Morgan fingerprint density at radius 1 is 1.20 bits per heavy atom. The van der Waals surface area contributed by atoms with Crippen molar-refractivity contribution in [3.05, 3.63) is 59.7 Å². The number of rotatable bonds is 7. The second kappa shape index (κ2) is 9.41. The molecule has 2 amide bonds. The van der Waals surface area contributed by atoms with E-state index in [9.17, 15) is 9.59 Å². The molecule has 3 rings (SSSR count). The van der Waals surface area contributed by atoms with Crippen LogP contribution in [0.3, 0.4) is 0 Å². The van der Waals surface area contributed by atoms with E-state index < -0.39 is 0 Å². The van der Waals surface area contributed by atoms with E-state index in [0.717, 1.165) is 16.9 Å². The van der Waals surface area contributed by atoms with Crippen molar-refractivity contribution in [2.75, 3.05) is 39.3 Å². The number of hydrazine groups is 1. The van der Waals surface area contributed by atoms with Gasteiger partial charge >= 0.3 is 0 Å². The molecule has 0 spiro atoms. The Labute approximate surface area is 176 Å². The van der Waals surface area contributed by atoms with Crippen molar-refractivity contribution in [1.82, 2.24) is 15.6 Å². The van der Waals surface area contributed by atoms with E-state index in [1.807, 2.05) is 74.4 Å². The Kier molecular flexibility index (Phi) is 6.68. The number of aliphatic imine (C=N–C) groups is 1. The number of nitrogens with zero attached hydrogens (tertiary/aromatic N) is 3. The van der Waals surface area contributed by atoms with Crippen molar-refractivity contribution >= 4 is 23.3 Å². The van der Waals surface area contributed by atoms with Crippen molar-refractivity contribution in [2.45, 2.75) is 13.0 Å². The van der Waals surface area contributed by atoms with E-state index in [2.05, 4.69) is 15.7 Å². The maximum Gasteiger partial charge on any atom is 0.288 e. The summed E-state index contributed by atoms with van der Waals surface area (Å²) in [5.41, 5.74) is 5.64. The molecule has 0 saturated heterocycles. The molecule has 2 aromatic carbocycles. The second-order valence-corrected chi connectivity index (χ2v) is 7.30. The number of amidine groups is 1. The first-order chi connectivity index (χ1) is 14.4. The first-order valence-electron chi connectivity index (χ1n) is 9.68. The smallest absolute Gasteiger partial charge is 0.288 e. The lowest BCUT2D eigenvalue weighted by molar-refractivity contribution is -0.118. The summed E-state index contributed by atoms with van der Waals surface area (Å²) in [6.45, 7) is 2.27. The summed E-state index contributed by atoms with van der Waals surface area (Å²) in [6, 6.07) is 15.2. The molecule has 1 unspecified atom stereocenters. The fourth-order valence-corrected chi connectivity index (χ4v) is 3.14. The molecule has 2 aromatic rings. The Balaban J connectivity index is 1.66. The van der Waals surface area contributed by atoms with Crippen LogP contribution in [0.2, 0.25) is 0 Å². The van der Waals surface area contributed by atoms with Crippen LogP contribution in [0.4, 0.5) is 5.69 Å². The molecule has 158 valence electrons. The molecule has 8 nitrogen and oxygen atoms in total. The van der Waals surface area contributed by atoms with Gasteiger partial charge in [-0.3, -0.25) is 20.0 Å². The van der Waals surface area contributed by atoms with Crippen molar-refractivity contribution in [3.8, 4) is 5.75 Å². The number of carbonyl (C=O) groups is 2. The zero-order chi connectivity index (χ0) is 21.7. The van der Waals surface area contributed by atoms with Gasteiger partial charge in [0.05, 0.1) is 18.8 Å². The summed E-state index contributed by atoms with van der Waals surface area (Å²) in [5.74, 6) is 0.309. The van der Waals surface area contributed by atoms with Crippen LogP contribution in [-0.4, -0.2) is 56.8 Å². The van der Waals surface area contributed by atoms with Crippen LogP contribution in [0.5, 0.6) is 5.75 Å². The summed E-state index contributed by atoms with van der Waals surface area (Å²) < 4.78 is 5.21. The van der Waals surface area contributed by atoms with E-state index in [1.165, 1.54) is 5.01 Å². The average molecular weight is 409 g/mol. The third-order valence-electron chi connectivity index (χ3n) is 4.93. The SMILES string of the molecule is COc1ccc(C(CNC(=O)C2=NCC(=O)N(c3ccc(C)cc3)N2)N(C)C)cc1. The van der Waals surface area contributed by atoms with Gasteiger partial charge in [-0.05, 0) is 50.8 Å². The molecule has 30 heavy (non-hydrogen) atoms. The third kappa shape index (κ3) is 4.96. The van der Waals surface area contributed by atoms with Gasteiger partial charge in [0, 0.05) is 6.54 Å². The predicted octanol–water partition coefficient (Wildman–Crippen LogP) is 1.67. The fourth-order valence-electron chi connectivity index (χ4n) is 3.14. The zero-order valence-corrected chi connectivity index (χ0v) is 17.7. The van der Waals surface area contributed by atoms with Crippen LogP contribution in [-0.2, 0) is 9.59 Å². The lowest BCUT2D eigenvalue weighted by atomic mass is 10.1. The molecule has 0 saturated carbocycles. The number of ether oxygens (including phenoxy) is 1. The molecule has 0 fully saturated rings. The minimum atomic E-state index is -0.361. The third-order valence-corrected chi connectivity index (χ3v) is 4.93. The van der Waals surface area contributed by atoms with E-state index in [1.54, 1.807) is 7.11 Å². The monoisotopic (exact) mass is 409 g/mol. The molecule has 1 atom stereocenters. The highest BCUT2D eigenvalue weighted by atomic mass is 16.5. The molecule has 2 N–H and O–H groups in total. The molecule has 1 aliphatic rings. The Hall–Kier alpha value is -3.39. The van der Waals surface area contributed by atoms with Gasteiger partial charge in [0.1, 0.15) is 12.3 Å². The van der Waals surface area contributed by atoms with Crippen LogP contribution in [0.1, 0.15) is 17.2 Å². The largest absolute Gasteiger partial charge is 0.497 e. The maximum absolute atomic E-state index is 12.7. The van der Waals surface area contributed by atoms with Crippen LogP contribution >= 0.6 is 0 Å². The maximum atomic E-state index is 12.7. The van der Waals surface area contributed by atoms with Crippen LogP contribution in [0.25, 0.3) is 0 Å². The van der Waals surface area contributed by atoms with Crippen LogP contribution < -0.4 is 20.5 Å². The van der Waals surface area contributed by atoms with Gasteiger partial charge in [-0.2, -0.15) is 0 Å². The fraction of sp³-hybridized carbons (Fsp3) is 0.318. The number of anilines is 1. The van der Waals surface area contributed by atoms with Crippen LogP contribution in [0, 0.1) is 6.92 Å². The molecule has 0 aromatic heterocycles. The minimum absolute atomic E-state index is 0.0288. The number of carbonyl (C=O) groups excluding carboxylic acids is 2. The topological polar surface area (TPSA) is 86.3 Å². The van der Waals surface area contributed by atoms with Crippen molar-refractivity contribution in [2.24, 2.45) is 4.99 Å². The molecule has 1 heterocycles. The van der Waals surface area contributed by atoms with Crippen molar-refractivity contribution in [3.63, 3.8) is 0 Å². The number of likely N-dealkylation sites (N-methyl/N-ethyl adjacent to an activating group) is 1. The first kappa shape index (κ1) is 21.3. The number of hydrogen-bond acceptors (Lipinski definition) is 6. The lowest BCUT2D eigenvalue weighted by Crippen LogP contribution is -2.56. The van der Waals surface area contributed by atoms with E-state index >= 15 is 0 Å². The van der Waals surface area contributed by atoms with Gasteiger partial charge in [-0.15, -0.1) is 0 Å². The van der Waals surface area contributed by atoms with Crippen molar-refractivity contribution < 1.29 is 14.3 Å². The van der Waals surface area contributed by atoms with Crippen molar-refractivity contribution in [1.29, 1.82) is 0 Å². The highest BCUT2D eigenvalue weighted by Gasteiger charge is 2.26. The minimum Gasteiger partial charge on any atom is -0.497 e.